The first-order valence-corrected chi connectivity index (χ1v) is 7.08. The van der Waals surface area contributed by atoms with Crippen molar-refractivity contribution in [1.29, 1.82) is 0 Å². The number of benzene rings is 1. The number of ether oxygens (including phenoxy) is 1. The van der Waals surface area contributed by atoms with Crippen LogP contribution in [0.2, 0.25) is 0 Å². The standard InChI is InChI=1S/C16H17NO3/c1-8-5-4-6-11-13(8)17-14(18)12-9(2)10(7-20-11)16(12,3)15(17)19/h4-6,9-10,12H,7H2,1-3H3/t9-,10+,12+,16+/m1/s1. The zero-order valence-electron chi connectivity index (χ0n) is 11.8. The van der Waals surface area contributed by atoms with Gasteiger partial charge < -0.3 is 4.74 Å². The molecule has 1 saturated carbocycles. The second-order valence-electron chi connectivity index (χ2n) is 6.44. The van der Waals surface area contributed by atoms with Gasteiger partial charge in [0.25, 0.3) is 0 Å². The van der Waals surface area contributed by atoms with Crippen LogP contribution in [0.3, 0.4) is 0 Å². The van der Waals surface area contributed by atoms with Crippen molar-refractivity contribution >= 4 is 17.5 Å². The van der Waals surface area contributed by atoms with Crippen LogP contribution in [0.1, 0.15) is 19.4 Å². The Morgan fingerprint density at radius 1 is 1.35 bits per heavy atom. The van der Waals surface area contributed by atoms with Crippen molar-refractivity contribution < 1.29 is 14.3 Å². The molecule has 0 unspecified atom stereocenters. The van der Waals surface area contributed by atoms with Gasteiger partial charge in [-0.15, -0.1) is 0 Å². The van der Waals surface area contributed by atoms with Crippen LogP contribution in [0.15, 0.2) is 18.2 Å². The van der Waals surface area contributed by atoms with Crippen LogP contribution >= 0.6 is 0 Å². The number of carbonyl (C=O) groups is 2. The molecule has 0 spiro atoms. The number of carbonyl (C=O) groups excluding carboxylic acids is 2. The number of nitrogens with zero attached hydrogens (tertiary/aromatic N) is 1. The molecule has 0 radical (unpaired) electrons. The smallest absolute Gasteiger partial charge is 0.241 e. The highest BCUT2D eigenvalue weighted by atomic mass is 16.5. The van der Waals surface area contributed by atoms with Crippen LogP contribution < -0.4 is 9.64 Å². The van der Waals surface area contributed by atoms with Crippen molar-refractivity contribution in [1.82, 2.24) is 0 Å². The van der Waals surface area contributed by atoms with Crippen molar-refractivity contribution in [2.24, 2.45) is 23.2 Å². The van der Waals surface area contributed by atoms with Gasteiger partial charge in [-0.2, -0.15) is 0 Å². The van der Waals surface area contributed by atoms with E-state index in [1.54, 1.807) is 0 Å². The number of hydrogen-bond donors (Lipinski definition) is 0. The van der Waals surface area contributed by atoms with E-state index in [4.69, 9.17) is 4.74 Å². The highest BCUT2D eigenvalue weighted by molar-refractivity contribution is 6.25. The molecular weight excluding hydrogens is 254 g/mol. The Morgan fingerprint density at radius 3 is 2.85 bits per heavy atom. The summed E-state index contributed by atoms with van der Waals surface area (Å²) in [5.74, 6) is 0.693. The predicted molar refractivity (Wildman–Crippen MR) is 73.4 cm³/mol. The van der Waals surface area contributed by atoms with Crippen LogP contribution in [0, 0.1) is 30.1 Å². The van der Waals surface area contributed by atoms with Gasteiger partial charge in [-0.1, -0.05) is 19.1 Å². The molecular formula is C16H17NO3. The summed E-state index contributed by atoms with van der Waals surface area (Å²) in [6, 6.07) is 5.65. The van der Waals surface area contributed by atoms with E-state index in [9.17, 15) is 9.59 Å². The van der Waals surface area contributed by atoms with E-state index in [2.05, 4.69) is 6.92 Å². The topological polar surface area (TPSA) is 46.6 Å². The molecule has 1 saturated heterocycles. The Labute approximate surface area is 117 Å². The third-order valence-electron chi connectivity index (χ3n) is 5.57. The number of amides is 2. The maximum Gasteiger partial charge on any atom is 0.241 e. The molecule has 104 valence electrons. The molecule has 4 atom stereocenters. The van der Waals surface area contributed by atoms with Crippen molar-refractivity contribution in [3.8, 4) is 5.75 Å². The number of anilines is 1. The molecule has 4 rings (SSSR count). The average Bonchev–Trinajstić information content (AvgIpc) is 2.61. The van der Waals surface area contributed by atoms with Crippen molar-refractivity contribution in [2.75, 3.05) is 11.5 Å². The maximum absolute atomic E-state index is 12.8. The van der Waals surface area contributed by atoms with E-state index in [1.807, 2.05) is 32.0 Å². The molecule has 2 heterocycles. The first-order valence-electron chi connectivity index (χ1n) is 7.08. The molecule has 0 N–H and O–H groups in total. The van der Waals surface area contributed by atoms with Crippen molar-refractivity contribution in [3.63, 3.8) is 0 Å². The number of aryl methyl sites for hydroxylation is 1. The Morgan fingerprint density at radius 2 is 2.10 bits per heavy atom. The second-order valence-corrected chi connectivity index (χ2v) is 6.44. The average molecular weight is 271 g/mol. The molecule has 2 amide bonds. The number of rotatable bonds is 0. The Bertz CT molecular complexity index is 653. The van der Waals surface area contributed by atoms with Gasteiger partial charge in [-0.3, -0.25) is 9.59 Å². The lowest BCUT2D eigenvalue weighted by molar-refractivity contribution is -0.156. The van der Waals surface area contributed by atoms with Crippen LogP contribution in [0.4, 0.5) is 5.69 Å². The van der Waals surface area contributed by atoms with E-state index in [0.29, 0.717) is 18.0 Å². The molecule has 4 heteroatoms. The van der Waals surface area contributed by atoms with Gasteiger partial charge >= 0.3 is 0 Å². The van der Waals surface area contributed by atoms with E-state index in [0.717, 1.165) is 5.56 Å². The predicted octanol–water partition coefficient (Wildman–Crippen LogP) is 2.15. The number of para-hydroxylation sites is 1. The van der Waals surface area contributed by atoms with Gasteiger partial charge in [0.15, 0.2) is 0 Å². The van der Waals surface area contributed by atoms with E-state index in [1.165, 1.54) is 4.90 Å². The van der Waals surface area contributed by atoms with E-state index >= 15 is 0 Å². The molecule has 1 aliphatic carbocycles. The van der Waals surface area contributed by atoms with Crippen LogP contribution in [-0.2, 0) is 9.59 Å². The summed E-state index contributed by atoms with van der Waals surface area (Å²) < 4.78 is 5.93. The fourth-order valence-electron chi connectivity index (χ4n) is 4.44. The third-order valence-corrected chi connectivity index (χ3v) is 5.57. The fraction of sp³-hybridized carbons (Fsp3) is 0.500. The third kappa shape index (κ3) is 1.06. The zero-order chi connectivity index (χ0) is 14.2. The van der Waals surface area contributed by atoms with Gasteiger partial charge in [0.1, 0.15) is 5.75 Å². The minimum absolute atomic E-state index is 0.0468. The van der Waals surface area contributed by atoms with Gasteiger partial charge in [-0.05, 0) is 31.4 Å². The van der Waals surface area contributed by atoms with Crippen molar-refractivity contribution in [2.45, 2.75) is 20.8 Å². The molecule has 2 fully saturated rings. The summed E-state index contributed by atoms with van der Waals surface area (Å²) in [5.41, 5.74) is 0.972. The minimum atomic E-state index is -0.573. The largest absolute Gasteiger partial charge is 0.491 e. The fourth-order valence-corrected chi connectivity index (χ4v) is 4.44. The van der Waals surface area contributed by atoms with Gasteiger partial charge in [0, 0.05) is 5.92 Å². The molecule has 1 aromatic carbocycles. The molecule has 3 aliphatic rings. The Hall–Kier alpha value is -1.84. The van der Waals surface area contributed by atoms with Gasteiger partial charge in [0.2, 0.25) is 11.8 Å². The molecule has 1 aromatic rings. The lowest BCUT2D eigenvalue weighted by atomic mass is 9.49. The van der Waals surface area contributed by atoms with Crippen LogP contribution in [-0.4, -0.2) is 18.4 Å². The summed E-state index contributed by atoms with van der Waals surface area (Å²) in [5, 5.41) is 0. The monoisotopic (exact) mass is 271 g/mol. The minimum Gasteiger partial charge on any atom is -0.491 e. The SMILES string of the molecule is Cc1cccc2c1N1C(=O)[C@@H]3[C@H](C)[C@H](CO2)[C@]3(C)C1=O. The van der Waals surface area contributed by atoms with Gasteiger partial charge in [0.05, 0.1) is 23.6 Å². The van der Waals surface area contributed by atoms with Crippen LogP contribution in [0.25, 0.3) is 0 Å². The lowest BCUT2D eigenvalue weighted by Gasteiger charge is -2.51. The van der Waals surface area contributed by atoms with Gasteiger partial charge in [-0.25, -0.2) is 4.90 Å². The first-order chi connectivity index (χ1) is 9.48. The first kappa shape index (κ1) is 11.9. The molecule has 2 aliphatic heterocycles. The molecule has 20 heavy (non-hydrogen) atoms. The lowest BCUT2D eigenvalue weighted by Crippen LogP contribution is -2.58. The normalized spacial score (nSPS) is 37.8. The molecule has 4 nitrogen and oxygen atoms in total. The Balaban J connectivity index is 1.98. The number of imide groups is 1. The highest BCUT2D eigenvalue weighted by Crippen LogP contribution is 2.63. The number of fused-ring (bicyclic) bond motifs is 3. The molecule has 2 bridgehead atoms. The Kier molecular flexibility index (Phi) is 2.05. The number of hydrogen-bond acceptors (Lipinski definition) is 3. The summed E-state index contributed by atoms with van der Waals surface area (Å²) in [7, 11) is 0. The maximum atomic E-state index is 12.8. The zero-order valence-corrected chi connectivity index (χ0v) is 11.8. The quantitative estimate of drug-likeness (QED) is 0.679. The second kappa shape index (κ2) is 3.43. The van der Waals surface area contributed by atoms with E-state index in [-0.39, 0.29) is 29.6 Å². The van der Waals surface area contributed by atoms with Crippen LogP contribution in [0.5, 0.6) is 5.75 Å². The summed E-state index contributed by atoms with van der Waals surface area (Å²) in [6.07, 6.45) is 0. The van der Waals surface area contributed by atoms with E-state index < -0.39 is 5.41 Å². The molecule has 0 aromatic heterocycles. The highest BCUT2D eigenvalue weighted by Gasteiger charge is 2.72. The summed E-state index contributed by atoms with van der Waals surface area (Å²) in [6.45, 7) is 6.40. The van der Waals surface area contributed by atoms with Crippen molar-refractivity contribution in [3.05, 3.63) is 23.8 Å². The summed E-state index contributed by atoms with van der Waals surface area (Å²) in [4.78, 5) is 26.9. The summed E-state index contributed by atoms with van der Waals surface area (Å²) >= 11 is 0.